The molecule has 0 N–H and O–H groups in total. The zero-order valence-corrected chi connectivity index (χ0v) is 11.9. The fraction of sp³-hybridized carbons (Fsp3) is 0.857. The SMILES string of the molecule is COC(=O)C1CCCN1C(=O)C1C(C)(C)C1(C)C. The molecule has 1 unspecified atom stereocenters. The van der Waals surface area contributed by atoms with Crippen LogP contribution in [0.2, 0.25) is 0 Å². The highest BCUT2D eigenvalue weighted by atomic mass is 16.5. The lowest BCUT2D eigenvalue weighted by Gasteiger charge is -2.23. The van der Waals surface area contributed by atoms with E-state index in [-0.39, 0.29) is 34.7 Å². The van der Waals surface area contributed by atoms with Gasteiger partial charge < -0.3 is 9.64 Å². The largest absolute Gasteiger partial charge is 0.467 e. The molecule has 1 heterocycles. The van der Waals surface area contributed by atoms with Crippen LogP contribution in [0, 0.1) is 16.7 Å². The molecule has 0 radical (unpaired) electrons. The standard InChI is InChI=1S/C14H23NO3/c1-13(2)10(14(13,3)4)11(16)15-8-6-7-9(15)12(17)18-5/h9-10H,6-8H2,1-5H3. The second-order valence-electron chi connectivity index (χ2n) is 6.59. The lowest BCUT2D eigenvalue weighted by atomic mass is 10.0. The molecule has 2 fully saturated rings. The van der Waals surface area contributed by atoms with Crippen molar-refractivity contribution in [3.8, 4) is 0 Å². The molecule has 1 aliphatic heterocycles. The van der Waals surface area contributed by atoms with Crippen LogP contribution in [0.3, 0.4) is 0 Å². The molecule has 2 aliphatic rings. The predicted octanol–water partition coefficient (Wildman–Crippen LogP) is 1.83. The van der Waals surface area contributed by atoms with E-state index in [9.17, 15) is 9.59 Å². The van der Waals surface area contributed by atoms with Crippen LogP contribution in [-0.4, -0.2) is 36.5 Å². The van der Waals surface area contributed by atoms with E-state index in [0.29, 0.717) is 6.54 Å². The van der Waals surface area contributed by atoms with Gasteiger partial charge in [-0.15, -0.1) is 0 Å². The number of amides is 1. The number of nitrogens with zero attached hydrogens (tertiary/aromatic N) is 1. The van der Waals surface area contributed by atoms with Crippen LogP contribution in [0.4, 0.5) is 0 Å². The molecule has 1 atom stereocenters. The Morgan fingerprint density at radius 1 is 1.17 bits per heavy atom. The summed E-state index contributed by atoms with van der Waals surface area (Å²) in [6.07, 6.45) is 1.62. The Kier molecular flexibility index (Phi) is 2.95. The topological polar surface area (TPSA) is 46.6 Å². The van der Waals surface area contributed by atoms with Crippen molar-refractivity contribution >= 4 is 11.9 Å². The first kappa shape index (κ1) is 13.4. The van der Waals surface area contributed by atoms with Gasteiger partial charge in [-0.2, -0.15) is 0 Å². The first-order chi connectivity index (χ1) is 8.25. The number of likely N-dealkylation sites (tertiary alicyclic amines) is 1. The third-order valence-electron chi connectivity index (χ3n) is 5.28. The van der Waals surface area contributed by atoms with Gasteiger partial charge in [0.05, 0.1) is 7.11 Å². The number of hydrogen-bond donors (Lipinski definition) is 0. The summed E-state index contributed by atoms with van der Waals surface area (Å²) in [5.41, 5.74) is 0.0423. The van der Waals surface area contributed by atoms with E-state index in [1.807, 2.05) is 0 Å². The van der Waals surface area contributed by atoms with Crippen molar-refractivity contribution in [2.45, 2.75) is 46.6 Å². The van der Waals surface area contributed by atoms with Gasteiger partial charge in [0.15, 0.2) is 0 Å². The van der Waals surface area contributed by atoms with Crippen molar-refractivity contribution in [3.63, 3.8) is 0 Å². The van der Waals surface area contributed by atoms with E-state index in [0.717, 1.165) is 12.8 Å². The van der Waals surface area contributed by atoms with Gasteiger partial charge in [0.25, 0.3) is 0 Å². The molecule has 1 aliphatic carbocycles. The van der Waals surface area contributed by atoms with Gasteiger partial charge in [0.2, 0.25) is 5.91 Å². The van der Waals surface area contributed by atoms with Crippen LogP contribution in [-0.2, 0) is 14.3 Å². The van der Waals surface area contributed by atoms with Crippen LogP contribution in [0.25, 0.3) is 0 Å². The highest BCUT2D eigenvalue weighted by molar-refractivity contribution is 5.89. The van der Waals surface area contributed by atoms with Gasteiger partial charge in [-0.25, -0.2) is 4.79 Å². The molecule has 0 aromatic rings. The van der Waals surface area contributed by atoms with Crippen molar-refractivity contribution in [3.05, 3.63) is 0 Å². The monoisotopic (exact) mass is 253 g/mol. The molecule has 0 aromatic carbocycles. The minimum Gasteiger partial charge on any atom is -0.467 e. The number of ether oxygens (including phenoxy) is 1. The van der Waals surface area contributed by atoms with E-state index < -0.39 is 0 Å². The molecule has 0 aromatic heterocycles. The van der Waals surface area contributed by atoms with Crippen molar-refractivity contribution in [2.24, 2.45) is 16.7 Å². The zero-order valence-electron chi connectivity index (χ0n) is 11.9. The van der Waals surface area contributed by atoms with Crippen molar-refractivity contribution in [2.75, 3.05) is 13.7 Å². The molecule has 102 valence electrons. The number of carbonyl (C=O) groups excluding carboxylic acids is 2. The van der Waals surface area contributed by atoms with Crippen LogP contribution >= 0.6 is 0 Å². The third kappa shape index (κ3) is 1.65. The molecule has 1 saturated carbocycles. The maximum Gasteiger partial charge on any atom is 0.328 e. The zero-order chi connectivity index (χ0) is 13.7. The Morgan fingerprint density at radius 2 is 1.72 bits per heavy atom. The van der Waals surface area contributed by atoms with Crippen LogP contribution < -0.4 is 0 Å². The lowest BCUT2D eigenvalue weighted by molar-refractivity contribution is -0.151. The maximum atomic E-state index is 12.6. The molecule has 2 rings (SSSR count). The summed E-state index contributed by atoms with van der Waals surface area (Å²) >= 11 is 0. The Hall–Kier alpha value is -1.06. The molecule has 1 saturated heterocycles. The summed E-state index contributed by atoms with van der Waals surface area (Å²) in [7, 11) is 1.38. The Morgan fingerprint density at radius 3 is 2.17 bits per heavy atom. The van der Waals surface area contributed by atoms with Gasteiger partial charge in [-0.3, -0.25) is 4.79 Å². The summed E-state index contributed by atoms with van der Waals surface area (Å²) in [4.78, 5) is 26.0. The van der Waals surface area contributed by atoms with E-state index in [1.54, 1.807) is 4.90 Å². The van der Waals surface area contributed by atoms with E-state index in [1.165, 1.54) is 7.11 Å². The van der Waals surface area contributed by atoms with Gasteiger partial charge >= 0.3 is 5.97 Å². The maximum absolute atomic E-state index is 12.6. The summed E-state index contributed by atoms with van der Waals surface area (Å²) in [6.45, 7) is 9.18. The normalized spacial score (nSPS) is 29.2. The van der Waals surface area contributed by atoms with Crippen LogP contribution in [0.15, 0.2) is 0 Å². The van der Waals surface area contributed by atoms with Gasteiger partial charge in [0.1, 0.15) is 6.04 Å². The second kappa shape index (κ2) is 3.97. The molecular formula is C14H23NO3. The van der Waals surface area contributed by atoms with Crippen molar-refractivity contribution in [1.82, 2.24) is 4.90 Å². The van der Waals surface area contributed by atoms with E-state index in [2.05, 4.69) is 27.7 Å². The van der Waals surface area contributed by atoms with Crippen LogP contribution in [0.1, 0.15) is 40.5 Å². The highest BCUT2D eigenvalue weighted by Crippen LogP contribution is 2.69. The van der Waals surface area contributed by atoms with E-state index in [4.69, 9.17) is 4.74 Å². The minimum absolute atomic E-state index is 0.0212. The molecule has 0 spiro atoms. The fourth-order valence-corrected chi connectivity index (χ4v) is 3.39. The number of methoxy groups -OCH3 is 1. The first-order valence-corrected chi connectivity index (χ1v) is 6.63. The summed E-state index contributed by atoms with van der Waals surface area (Å²) < 4.78 is 4.79. The van der Waals surface area contributed by atoms with Crippen LogP contribution in [0.5, 0.6) is 0 Å². The Balaban J connectivity index is 2.13. The summed E-state index contributed by atoms with van der Waals surface area (Å²) in [6, 6.07) is -0.366. The smallest absolute Gasteiger partial charge is 0.328 e. The second-order valence-corrected chi connectivity index (χ2v) is 6.59. The van der Waals surface area contributed by atoms with Gasteiger partial charge in [-0.05, 0) is 23.7 Å². The molecule has 0 bridgehead atoms. The third-order valence-corrected chi connectivity index (χ3v) is 5.28. The van der Waals surface area contributed by atoms with E-state index >= 15 is 0 Å². The predicted molar refractivity (Wildman–Crippen MR) is 67.8 cm³/mol. The molecule has 1 amide bonds. The summed E-state index contributed by atoms with van der Waals surface area (Å²) in [5, 5.41) is 0. The average molecular weight is 253 g/mol. The van der Waals surface area contributed by atoms with Crippen molar-refractivity contribution < 1.29 is 14.3 Å². The van der Waals surface area contributed by atoms with Gasteiger partial charge in [-0.1, -0.05) is 27.7 Å². The van der Waals surface area contributed by atoms with Gasteiger partial charge in [0, 0.05) is 12.5 Å². The van der Waals surface area contributed by atoms with Crippen molar-refractivity contribution in [1.29, 1.82) is 0 Å². The molecule has 18 heavy (non-hydrogen) atoms. The molecule has 4 nitrogen and oxygen atoms in total. The number of hydrogen-bond acceptors (Lipinski definition) is 3. The number of carbonyl (C=O) groups is 2. The highest BCUT2D eigenvalue weighted by Gasteiger charge is 2.69. The average Bonchev–Trinajstić information content (AvgIpc) is 2.70. The first-order valence-electron chi connectivity index (χ1n) is 6.63. The lowest BCUT2D eigenvalue weighted by Crippen LogP contribution is -2.42. The number of rotatable bonds is 2. The fourth-order valence-electron chi connectivity index (χ4n) is 3.39. The summed E-state index contributed by atoms with van der Waals surface area (Å²) in [5.74, 6) is -0.134. The Bertz CT molecular complexity index is 373. The number of esters is 1. The Labute approximate surface area is 109 Å². The minimum atomic E-state index is -0.366. The molecule has 4 heteroatoms. The quantitative estimate of drug-likeness (QED) is 0.705. The molecular weight excluding hydrogens is 230 g/mol.